The minimum atomic E-state index is 0.0860. The van der Waals surface area contributed by atoms with Gasteiger partial charge in [0.1, 0.15) is 28.5 Å². The lowest BCUT2D eigenvalue weighted by molar-refractivity contribution is 0.568. The van der Waals surface area contributed by atoms with Crippen LogP contribution in [0.15, 0.2) is 18.2 Å². The Hall–Kier alpha value is -2.56. The first kappa shape index (κ1) is 14.1. The van der Waals surface area contributed by atoms with Crippen molar-refractivity contribution < 1.29 is 0 Å². The molecule has 7 heteroatoms. The molecule has 1 unspecified atom stereocenters. The van der Waals surface area contributed by atoms with Gasteiger partial charge in [0.15, 0.2) is 0 Å². The largest absolute Gasteiger partial charge is 0.383 e. The van der Waals surface area contributed by atoms with Crippen molar-refractivity contribution in [3.8, 4) is 17.2 Å². The van der Waals surface area contributed by atoms with E-state index >= 15 is 0 Å². The normalized spacial score (nSPS) is 17.0. The molecular weight excluding hydrogens is 308 g/mol. The molecule has 0 bridgehead atoms. The summed E-state index contributed by atoms with van der Waals surface area (Å²) >= 11 is 1.18. The van der Waals surface area contributed by atoms with Crippen LogP contribution in [0, 0.1) is 11.3 Å². The average molecular weight is 322 g/mol. The van der Waals surface area contributed by atoms with E-state index in [-0.39, 0.29) is 11.9 Å². The fourth-order valence-electron chi connectivity index (χ4n) is 3.17. The summed E-state index contributed by atoms with van der Waals surface area (Å²) in [4.78, 5) is 4.43. The van der Waals surface area contributed by atoms with Gasteiger partial charge >= 0.3 is 0 Å². The number of fused-ring (bicyclic) bond motifs is 2. The van der Waals surface area contributed by atoms with Crippen molar-refractivity contribution in [1.82, 2.24) is 13.7 Å². The van der Waals surface area contributed by atoms with Crippen molar-refractivity contribution in [1.29, 1.82) is 5.26 Å². The van der Waals surface area contributed by atoms with E-state index in [1.165, 1.54) is 11.7 Å². The van der Waals surface area contributed by atoms with Crippen molar-refractivity contribution in [3.63, 3.8) is 0 Å². The fourth-order valence-corrected chi connectivity index (χ4v) is 3.69. The molecule has 0 saturated heterocycles. The third kappa shape index (κ3) is 2.23. The van der Waals surface area contributed by atoms with Crippen LogP contribution in [0.2, 0.25) is 0 Å². The number of aryl methyl sites for hydroxylation is 1. The Morgan fingerprint density at radius 3 is 2.91 bits per heavy atom. The molecule has 0 saturated carbocycles. The van der Waals surface area contributed by atoms with E-state index < -0.39 is 0 Å². The zero-order valence-electron chi connectivity index (χ0n) is 12.3. The molecule has 0 spiro atoms. The topological polar surface area (TPSA) is 114 Å². The van der Waals surface area contributed by atoms with E-state index in [2.05, 4.69) is 19.8 Å². The van der Waals surface area contributed by atoms with E-state index in [9.17, 15) is 5.26 Å². The molecule has 4 N–H and O–H groups in total. The van der Waals surface area contributed by atoms with Crippen LogP contribution >= 0.6 is 11.7 Å². The average Bonchev–Trinajstić information content (AvgIpc) is 3.01. The number of nitrogens with two attached hydrogens (primary N) is 2. The van der Waals surface area contributed by atoms with E-state index in [0.29, 0.717) is 12.0 Å². The molecule has 0 aliphatic heterocycles. The molecule has 4 rings (SSSR count). The standard InChI is InChI=1S/C16H14N6S/c17-7-11-15(8-1-3-13-14(5-8)22-23-21-13)10-6-9(18)2-4-12(10)20-16(11)19/h1,3,5,9H,2,4,6,18H2,(H2,19,20). The number of benzene rings is 1. The van der Waals surface area contributed by atoms with Crippen LogP contribution in [0.4, 0.5) is 5.82 Å². The van der Waals surface area contributed by atoms with Crippen LogP contribution in [0.25, 0.3) is 22.2 Å². The number of hydrogen-bond acceptors (Lipinski definition) is 7. The maximum Gasteiger partial charge on any atom is 0.142 e. The molecule has 6 nitrogen and oxygen atoms in total. The van der Waals surface area contributed by atoms with Gasteiger partial charge < -0.3 is 11.5 Å². The zero-order valence-corrected chi connectivity index (χ0v) is 13.1. The monoisotopic (exact) mass is 322 g/mol. The van der Waals surface area contributed by atoms with Crippen LogP contribution in [0.3, 0.4) is 0 Å². The summed E-state index contributed by atoms with van der Waals surface area (Å²) in [5.41, 5.74) is 18.0. The summed E-state index contributed by atoms with van der Waals surface area (Å²) in [6.07, 6.45) is 2.39. The molecule has 0 fully saturated rings. The number of anilines is 1. The zero-order chi connectivity index (χ0) is 16.0. The third-order valence-corrected chi connectivity index (χ3v) is 4.84. The van der Waals surface area contributed by atoms with Crippen molar-refractivity contribution in [2.24, 2.45) is 5.73 Å². The summed E-state index contributed by atoms with van der Waals surface area (Å²) in [7, 11) is 0. The molecule has 1 aliphatic rings. The van der Waals surface area contributed by atoms with E-state index in [0.717, 1.165) is 46.3 Å². The third-order valence-electron chi connectivity index (χ3n) is 4.28. The van der Waals surface area contributed by atoms with E-state index in [1.807, 2.05) is 18.2 Å². The lowest BCUT2D eigenvalue weighted by atomic mass is 9.84. The summed E-state index contributed by atoms with van der Waals surface area (Å²) in [6, 6.07) is 8.12. The summed E-state index contributed by atoms with van der Waals surface area (Å²) in [5, 5.41) is 9.57. The predicted molar refractivity (Wildman–Crippen MR) is 89.8 cm³/mol. The van der Waals surface area contributed by atoms with E-state index in [4.69, 9.17) is 11.5 Å². The molecule has 0 amide bonds. The second-order valence-electron chi connectivity index (χ2n) is 5.75. The number of nitrogen functional groups attached to an aromatic ring is 1. The lowest BCUT2D eigenvalue weighted by Crippen LogP contribution is -2.29. The number of aromatic nitrogens is 3. The molecule has 1 aliphatic carbocycles. The van der Waals surface area contributed by atoms with Gasteiger partial charge in [-0.2, -0.15) is 14.0 Å². The van der Waals surface area contributed by atoms with Gasteiger partial charge in [0.2, 0.25) is 0 Å². The first-order valence-corrected chi connectivity index (χ1v) is 8.10. The number of pyridine rings is 1. The Labute approximate surface area is 137 Å². The van der Waals surface area contributed by atoms with Gasteiger partial charge in [-0.1, -0.05) is 6.07 Å². The Morgan fingerprint density at radius 2 is 2.09 bits per heavy atom. The van der Waals surface area contributed by atoms with Crippen LogP contribution < -0.4 is 11.5 Å². The Bertz CT molecular complexity index is 955. The number of nitriles is 1. The minimum absolute atomic E-state index is 0.0860. The highest BCUT2D eigenvalue weighted by Gasteiger charge is 2.25. The van der Waals surface area contributed by atoms with Crippen molar-refractivity contribution in [3.05, 3.63) is 35.0 Å². The van der Waals surface area contributed by atoms with Crippen LogP contribution in [-0.4, -0.2) is 19.8 Å². The van der Waals surface area contributed by atoms with Gasteiger partial charge in [-0.25, -0.2) is 4.98 Å². The second-order valence-corrected chi connectivity index (χ2v) is 6.28. The molecule has 3 aromatic rings. The molecule has 1 atom stereocenters. The van der Waals surface area contributed by atoms with E-state index in [1.54, 1.807) is 0 Å². The van der Waals surface area contributed by atoms with Gasteiger partial charge in [-0.15, -0.1) is 0 Å². The van der Waals surface area contributed by atoms with Crippen LogP contribution in [0.1, 0.15) is 23.2 Å². The number of rotatable bonds is 1. The smallest absolute Gasteiger partial charge is 0.142 e. The van der Waals surface area contributed by atoms with Gasteiger partial charge in [0, 0.05) is 17.3 Å². The van der Waals surface area contributed by atoms with Crippen LogP contribution in [-0.2, 0) is 12.8 Å². The molecule has 2 heterocycles. The predicted octanol–water partition coefficient (Wildman–Crippen LogP) is 2.02. The Balaban J connectivity index is 2.02. The molecule has 23 heavy (non-hydrogen) atoms. The first-order valence-electron chi connectivity index (χ1n) is 7.37. The molecule has 1 aromatic carbocycles. The number of nitrogens with zero attached hydrogens (tertiary/aromatic N) is 4. The highest BCUT2D eigenvalue weighted by Crippen LogP contribution is 2.36. The molecule has 2 aromatic heterocycles. The quantitative estimate of drug-likeness (QED) is 0.708. The van der Waals surface area contributed by atoms with Crippen molar-refractivity contribution >= 4 is 28.6 Å². The molecular formula is C16H14N6S. The maximum atomic E-state index is 9.57. The highest BCUT2D eigenvalue weighted by atomic mass is 32.1. The van der Waals surface area contributed by atoms with Crippen LogP contribution in [0.5, 0.6) is 0 Å². The van der Waals surface area contributed by atoms with Crippen molar-refractivity contribution in [2.45, 2.75) is 25.3 Å². The van der Waals surface area contributed by atoms with Gasteiger partial charge in [0.05, 0.1) is 11.7 Å². The minimum Gasteiger partial charge on any atom is -0.383 e. The lowest BCUT2D eigenvalue weighted by Gasteiger charge is -2.24. The van der Waals surface area contributed by atoms with Crippen molar-refractivity contribution in [2.75, 3.05) is 5.73 Å². The maximum absolute atomic E-state index is 9.57. The van der Waals surface area contributed by atoms with Gasteiger partial charge in [0.25, 0.3) is 0 Å². The van der Waals surface area contributed by atoms with Gasteiger partial charge in [-0.05, 0) is 42.5 Å². The Kier molecular flexibility index (Phi) is 3.22. The highest BCUT2D eigenvalue weighted by molar-refractivity contribution is 7.00. The van der Waals surface area contributed by atoms with Gasteiger partial charge in [-0.3, -0.25) is 0 Å². The molecule has 114 valence electrons. The summed E-state index contributed by atoms with van der Waals surface area (Å²) in [5.74, 6) is 0.285. The molecule has 0 radical (unpaired) electrons. The summed E-state index contributed by atoms with van der Waals surface area (Å²) in [6.45, 7) is 0. The number of hydrogen-bond donors (Lipinski definition) is 2. The Morgan fingerprint density at radius 1 is 1.26 bits per heavy atom. The second kappa shape index (κ2) is 5.26. The summed E-state index contributed by atoms with van der Waals surface area (Å²) < 4.78 is 8.51. The SMILES string of the molecule is N#Cc1c(N)nc2c(c1-c1ccc3nsnc3c1)CC(N)CC2. The fraction of sp³-hybridized carbons (Fsp3) is 0.250. The first-order chi connectivity index (χ1) is 11.2.